The molecule has 0 spiro atoms. The van der Waals surface area contributed by atoms with E-state index in [1.807, 2.05) is 0 Å². The third-order valence-electron chi connectivity index (χ3n) is 2.49. The van der Waals surface area contributed by atoms with Crippen molar-refractivity contribution in [2.24, 2.45) is 0 Å². The molecule has 0 atom stereocenters. The van der Waals surface area contributed by atoms with E-state index in [9.17, 15) is 10.1 Å². The lowest BCUT2D eigenvalue weighted by Crippen LogP contribution is -2.01. The van der Waals surface area contributed by atoms with Gasteiger partial charge in [-0.1, -0.05) is 6.07 Å². The standard InChI is InChI=1S/C12H11BrN4O3/c1-7-6-15-12(14-2)16-11(7)20-10-8(13)4-3-5-9(10)17(18)19/h3-6H,1-2H3,(H,14,15,16). The molecule has 1 aromatic carbocycles. The second kappa shape index (κ2) is 5.83. The lowest BCUT2D eigenvalue weighted by atomic mass is 10.3. The first-order valence-electron chi connectivity index (χ1n) is 5.65. The Bertz CT molecular complexity index is 663. The molecule has 0 unspecified atom stereocenters. The highest BCUT2D eigenvalue weighted by atomic mass is 79.9. The minimum absolute atomic E-state index is 0.112. The van der Waals surface area contributed by atoms with Crippen molar-refractivity contribution in [1.82, 2.24) is 9.97 Å². The SMILES string of the molecule is CNc1ncc(C)c(Oc2c(Br)cccc2[N+](=O)[O-])n1. The number of hydrogen-bond donors (Lipinski definition) is 1. The number of nitro benzene ring substituents is 1. The molecule has 7 nitrogen and oxygen atoms in total. The number of hydrogen-bond acceptors (Lipinski definition) is 6. The Morgan fingerprint density at radius 1 is 1.45 bits per heavy atom. The topological polar surface area (TPSA) is 90.2 Å². The van der Waals surface area contributed by atoms with Crippen LogP contribution in [0.2, 0.25) is 0 Å². The van der Waals surface area contributed by atoms with Crippen LogP contribution in [0.1, 0.15) is 5.56 Å². The summed E-state index contributed by atoms with van der Waals surface area (Å²) in [4.78, 5) is 18.7. The van der Waals surface area contributed by atoms with Crippen molar-refractivity contribution in [2.75, 3.05) is 12.4 Å². The molecule has 2 aromatic rings. The Kier molecular flexibility index (Phi) is 4.14. The molecule has 1 N–H and O–H groups in total. The first-order chi connectivity index (χ1) is 9.52. The van der Waals surface area contributed by atoms with E-state index >= 15 is 0 Å². The summed E-state index contributed by atoms with van der Waals surface area (Å²) in [5, 5.41) is 13.8. The molecule has 1 aromatic heterocycles. The van der Waals surface area contributed by atoms with E-state index < -0.39 is 4.92 Å². The Morgan fingerprint density at radius 3 is 2.85 bits per heavy atom. The lowest BCUT2D eigenvalue weighted by molar-refractivity contribution is -0.385. The molecule has 0 bridgehead atoms. The van der Waals surface area contributed by atoms with Crippen LogP contribution < -0.4 is 10.1 Å². The van der Waals surface area contributed by atoms with E-state index in [-0.39, 0.29) is 17.3 Å². The van der Waals surface area contributed by atoms with Crippen LogP contribution in [-0.2, 0) is 0 Å². The number of ether oxygens (including phenoxy) is 1. The molecule has 0 saturated carbocycles. The number of benzene rings is 1. The number of nitrogens with zero attached hydrogens (tertiary/aromatic N) is 3. The van der Waals surface area contributed by atoms with Crippen molar-refractivity contribution in [2.45, 2.75) is 6.92 Å². The molecule has 0 aliphatic heterocycles. The highest BCUT2D eigenvalue weighted by Crippen LogP contribution is 2.38. The number of rotatable bonds is 4. The zero-order valence-corrected chi connectivity index (χ0v) is 12.3. The minimum atomic E-state index is -0.504. The van der Waals surface area contributed by atoms with Gasteiger partial charge in [-0.25, -0.2) is 4.98 Å². The highest BCUT2D eigenvalue weighted by molar-refractivity contribution is 9.10. The fourth-order valence-corrected chi connectivity index (χ4v) is 1.93. The molecular formula is C12H11BrN4O3. The summed E-state index contributed by atoms with van der Waals surface area (Å²) in [7, 11) is 1.68. The van der Waals surface area contributed by atoms with Crippen molar-refractivity contribution >= 4 is 27.6 Å². The van der Waals surface area contributed by atoms with Crippen LogP contribution in [0.5, 0.6) is 11.6 Å². The molecule has 2 rings (SSSR count). The molecule has 0 aliphatic carbocycles. The zero-order chi connectivity index (χ0) is 14.7. The average molecular weight is 339 g/mol. The van der Waals surface area contributed by atoms with Crippen molar-refractivity contribution in [1.29, 1.82) is 0 Å². The Hall–Kier alpha value is -2.22. The van der Waals surface area contributed by atoms with Crippen molar-refractivity contribution in [3.05, 3.63) is 44.5 Å². The van der Waals surface area contributed by atoms with E-state index in [4.69, 9.17) is 4.74 Å². The highest BCUT2D eigenvalue weighted by Gasteiger charge is 2.20. The maximum absolute atomic E-state index is 11.0. The first-order valence-corrected chi connectivity index (χ1v) is 6.44. The van der Waals surface area contributed by atoms with E-state index in [1.54, 1.807) is 32.3 Å². The molecule has 20 heavy (non-hydrogen) atoms. The number of aromatic nitrogens is 2. The van der Waals surface area contributed by atoms with Gasteiger partial charge < -0.3 is 10.1 Å². The summed E-state index contributed by atoms with van der Waals surface area (Å²) in [5.74, 6) is 0.751. The molecular weight excluding hydrogens is 328 g/mol. The normalized spacial score (nSPS) is 10.2. The van der Waals surface area contributed by atoms with Gasteiger partial charge in [0.1, 0.15) is 0 Å². The monoisotopic (exact) mass is 338 g/mol. The quantitative estimate of drug-likeness (QED) is 0.679. The molecule has 1 heterocycles. The second-order valence-corrected chi connectivity index (χ2v) is 4.73. The second-order valence-electron chi connectivity index (χ2n) is 3.88. The van der Waals surface area contributed by atoms with Gasteiger partial charge in [0.05, 0.1) is 9.40 Å². The van der Waals surface area contributed by atoms with Gasteiger partial charge in [0.15, 0.2) is 0 Å². The summed E-state index contributed by atoms with van der Waals surface area (Å²) in [6.45, 7) is 1.76. The van der Waals surface area contributed by atoms with Gasteiger partial charge in [-0.15, -0.1) is 0 Å². The number of halogens is 1. The molecule has 8 heteroatoms. The molecule has 104 valence electrons. The molecule has 0 aliphatic rings. The number of nitro groups is 1. The van der Waals surface area contributed by atoms with Crippen molar-refractivity contribution in [3.8, 4) is 11.6 Å². The predicted molar refractivity (Wildman–Crippen MR) is 77.2 cm³/mol. The van der Waals surface area contributed by atoms with Gasteiger partial charge in [-0.2, -0.15) is 4.98 Å². The zero-order valence-electron chi connectivity index (χ0n) is 10.8. The lowest BCUT2D eigenvalue weighted by Gasteiger charge is -2.10. The maximum atomic E-state index is 11.0. The van der Waals surface area contributed by atoms with Crippen molar-refractivity contribution < 1.29 is 9.66 Å². The van der Waals surface area contributed by atoms with E-state index in [2.05, 4.69) is 31.2 Å². The van der Waals surface area contributed by atoms with Crippen LogP contribution in [0, 0.1) is 17.0 Å². The fourth-order valence-electron chi connectivity index (χ4n) is 1.49. The number of anilines is 1. The summed E-state index contributed by atoms with van der Waals surface area (Å²) in [6, 6.07) is 4.61. The van der Waals surface area contributed by atoms with E-state index in [0.717, 1.165) is 0 Å². The third-order valence-corrected chi connectivity index (χ3v) is 3.11. The van der Waals surface area contributed by atoms with Crippen LogP contribution in [0.15, 0.2) is 28.9 Å². The maximum Gasteiger partial charge on any atom is 0.312 e. The van der Waals surface area contributed by atoms with Gasteiger partial charge in [0, 0.05) is 24.9 Å². The fraction of sp³-hybridized carbons (Fsp3) is 0.167. The third kappa shape index (κ3) is 2.85. The minimum Gasteiger partial charge on any atom is -0.430 e. The van der Waals surface area contributed by atoms with Crippen LogP contribution >= 0.6 is 15.9 Å². The average Bonchev–Trinajstić information content (AvgIpc) is 2.43. The summed E-state index contributed by atoms with van der Waals surface area (Å²) in [5.41, 5.74) is 0.539. The molecule has 0 saturated heterocycles. The summed E-state index contributed by atoms with van der Waals surface area (Å²) >= 11 is 3.24. The molecule has 0 amide bonds. The Balaban J connectivity index is 2.47. The van der Waals surface area contributed by atoms with Crippen LogP contribution in [0.3, 0.4) is 0 Å². The van der Waals surface area contributed by atoms with Crippen LogP contribution in [-0.4, -0.2) is 21.9 Å². The van der Waals surface area contributed by atoms with Gasteiger partial charge in [0.25, 0.3) is 0 Å². The Morgan fingerprint density at radius 2 is 2.20 bits per heavy atom. The van der Waals surface area contributed by atoms with Crippen LogP contribution in [0.25, 0.3) is 0 Å². The van der Waals surface area contributed by atoms with Gasteiger partial charge in [0.2, 0.25) is 17.6 Å². The smallest absolute Gasteiger partial charge is 0.312 e. The largest absolute Gasteiger partial charge is 0.430 e. The number of nitrogens with one attached hydrogen (secondary N) is 1. The van der Waals surface area contributed by atoms with E-state index in [0.29, 0.717) is 16.0 Å². The van der Waals surface area contributed by atoms with E-state index in [1.165, 1.54) is 6.07 Å². The Labute approximate surface area is 123 Å². The summed E-state index contributed by atoms with van der Waals surface area (Å²) < 4.78 is 6.08. The van der Waals surface area contributed by atoms with Gasteiger partial charge >= 0.3 is 5.69 Å². The molecule has 0 radical (unpaired) electrons. The van der Waals surface area contributed by atoms with Crippen LogP contribution in [0.4, 0.5) is 11.6 Å². The first kappa shape index (κ1) is 14.2. The van der Waals surface area contributed by atoms with Gasteiger partial charge in [-0.05, 0) is 28.9 Å². The predicted octanol–water partition coefficient (Wildman–Crippen LogP) is 3.29. The number of aryl methyl sites for hydroxylation is 1. The summed E-state index contributed by atoms with van der Waals surface area (Å²) in [6.07, 6.45) is 1.58. The number of para-hydroxylation sites is 1. The van der Waals surface area contributed by atoms with Gasteiger partial charge in [-0.3, -0.25) is 10.1 Å². The van der Waals surface area contributed by atoms with Crippen molar-refractivity contribution in [3.63, 3.8) is 0 Å². The molecule has 0 fully saturated rings.